The van der Waals surface area contributed by atoms with E-state index in [4.69, 9.17) is 4.42 Å². The third-order valence-electron chi connectivity index (χ3n) is 3.47. The van der Waals surface area contributed by atoms with E-state index in [-0.39, 0.29) is 22.8 Å². The first-order valence-electron chi connectivity index (χ1n) is 7.28. The Bertz CT molecular complexity index is 868. The molecule has 122 valence electrons. The van der Waals surface area contributed by atoms with Crippen molar-refractivity contribution in [3.63, 3.8) is 0 Å². The molecule has 0 unspecified atom stereocenters. The topological polar surface area (TPSA) is 36.2 Å². The van der Waals surface area contributed by atoms with E-state index in [1.807, 2.05) is 67.6 Å². The molecule has 4 heteroatoms. The molecular weight excluding hydrogens is 455 g/mol. The zero-order valence-electron chi connectivity index (χ0n) is 13.0. The van der Waals surface area contributed by atoms with Crippen LogP contribution in [0.15, 0.2) is 82.8 Å². The second-order valence-electron chi connectivity index (χ2n) is 5.22. The van der Waals surface area contributed by atoms with Crippen LogP contribution in [-0.4, -0.2) is 0 Å². The number of hydrogen-bond donors (Lipinski definition) is 0. The molecule has 0 fully saturated rings. The van der Waals surface area contributed by atoms with Crippen LogP contribution in [0.5, 0.6) is 0 Å². The molecule has 24 heavy (non-hydrogen) atoms. The van der Waals surface area contributed by atoms with E-state index in [9.17, 15) is 5.11 Å². The van der Waals surface area contributed by atoms with Crippen molar-refractivity contribution in [2.45, 2.75) is 6.92 Å². The molecular formula is C20H15FeIO2. The van der Waals surface area contributed by atoms with Crippen LogP contribution in [0.1, 0.15) is 11.3 Å². The van der Waals surface area contributed by atoms with Crippen molar-refractivity contribution in [2.24, 2.45) is 0 Å². The molecule has 1 aliphatic rings. The first kappa shape index (κ1) is 18.7. The van der Waals surface area contributed by atoms with Crippen molar-refractivity contribution in [3.8, 4) is 0 Å². The molecule has 1 aromatic heterocycles. The Morgan fingerprint density at radius 3 is 2.33 bits per heavy atom. The maximum atomic E-state index is 12.2. The average molecular weight is 470 g/mol. The number of halogens is 1. The molecule has 2 nitrogen and oxygen atoms in total. The average Bonchev–Trinajstić information content (AvgIpc) is 3.28. The molecule has 2 aromatic carbocycles. The van der Waals surface area contributed by atoms with Gasteiger partial charge in [-0.15, -0.1) is 0 Å². The molecule has 1 aliphatic carbocycles. The second-order valence-corrected chi connectivity index (χ2v) is 6.46. The van der Waals surface area contributed by atoms with Gasteiger partial charge in [-0.1, -0.05) is 30.1 Å². The number of rotatable bonds is 1. The van der Waals surface area contributed by atoms with Crippen LogP contribution in [-0.2, 0) is 17.1 Å². The summed E-state index contributed by atoms with van der Waals surface area (Å²) in [5.41, 5.74) is 2.52. The Balaban J connectivity index is 0.000000300. The fraction of sp³-hybridized carbons (Fsp3) is 0.0500. The van der Waals surface area contributed by atoms with E-state index in [1.165, 1.54) is 0 Å². The number of allylic oxidation sites excluding steroid dienone is 5. The van der Waals surface area contributed by atoms with Crippen LogP contribution in [0.2, 0.25) is 0 Å². The predicted octanol–water partition coefficient (Wildman–Crippen LogP) is 4.95. The number of aryl methyl sites for hydroxylation is 1. The van der Waals surface area contributed by atoms with Gasteiger partial charge < -0.3 is 9.52 Å². The summed E-state index contributed by atoms with van der Waals surface area (Å²) in [6, 6.07) is 15.9. The summed E-state index contributed by atoms with van der Waals surface area (Å²) in [6.45, 7) is 1.99. The molecule has 0 saturated carbocycles. The molecule has 3 aromatic rings. The van der Waals surface area contributed by atoms with Gasteiger partial charge in [-0.3, -0.25) is 0 Å². The standard InChI is InChI=1S/C15H11IO2.C5H5.Fe/c1-9-6-12(16)7-11-8-13(18-15(9)11)14(17)10-4-2-3-5-10;1-2-4-5-3-1;/h2-8,17H,1H3;1-5H;/q;-1;+2/p-1. The van der Waals surface area contributed by atoms with E-state index in [0.717, 1.165) is 20.1 Å². The van der Waals surface area contributed by atoms with Gasteiger partial charge in [-0.05, 0) is 58.9 Å². The summed E-state index contributed by atoms with van der Waals surface area (Å²) in [6.07, 6.45) is 7.30. The number of furan rings is 1. The molecule has 0 spiro atoms. The van der Waals surface area contributed by atoms with E-state index in [1.54, 1.807) is 12.2 Å². The van der Waals surface area contributed by atoms with Gasteiger partial charge in [0.2, 0.25) is 0 Å². The molecule has 4 rings (SSSR count). The monoisotopic (exact) mass is 470 g/mol. The minimum Gasteiger partial charge on any atom is -0.870 e. The zero-order chi connectivity index (χ0) is 16.2. The predicted molar refractivity (Wildman–Crippen MR) is 101 cm³/mol. The Morgan fingerprint density at radius 2 is 1.75 bits per heavy atom. The third kappa shape index (κ3) is 4.26. The SMILES string of the molecule is Cc1cc(I)cc2cc(C([O-])=C3C=CC=C3)oc12.[Fe+2].c1cc[cH-]c1. The minimum absolute atomic E-state index is 0. The van der Waals surface area contributed by atoms with Crippen molar-refractivity contribution >= 4 is 39.3 Å². The third-order valence-corrected chi connectivity index (χ3v) is 4.09. The molecule has 1 heterocycles. The summed E-state index contributed by atoms with van der Waals surface area (Å²) >= 11 is 2.26. The molecule has 0 amide bonds. The number of fused-ring (bicyclic) bond motifs is 1. The van der Waals surface area contributed by atoms with Gasteiger partial charge in [0, 0.05) is 8.96 Å². The Kier molecular flexibility index (Phi) is 6.60. The molecule has 0 radical (unpaired) electrons. The van der Waals surface area contributed by atoms with Crippen molar-refractivity contribution in [1.82, 2.24) is 0 Å². The summed E-state index contributed by atoms with van der Waals surface area (Å²) in [4.78, 5) is 0. The fourth-order valence-corrected chi connectivity index (χ4v) is 3.19. The van der Waals surface area contributed by atoms with Crippen LogP contribution in [0.25, 0.3) is 16.7 Å². The minimum atomic E-state index is -0.0643. The Labute approximate surface area is 165 Å². The van der Waals surface area contributed by atoms with E-state index >= 15 is 0 Å². The first-order valence-corrected chi connectivity index (χ1v) is 8.36. The maximum Gasteiger partial charge on any atom is 2.00 e. The second kappa shape index (κ2) is 8.47. The largest absolute Gasteiger partial charge is 2.00 e. The van der Waals surface area contributed by atoms with Gasteiger partial charge in [-0.2, -0.15) is 18.2 Å². The van der Waals surface area contributed by atoms with Crippen molar-refractivity contribution < 1.29 is 26.6 Å². The van der Waals surface area contributed by atoms with Gasteiger partial charge in [0.15, 0.2) is 0 Å². The van der Waals surface area contributed by atoms with E-state index in [2.05, 4.69) is 22.6 Å². The van der Waals surface area contributed by atoms with E-state index in [0.29, 0.717) is 11.3 Å². The molecule has 0 bridgehead atoms. The smallest absolute Gasteiger partial charge is 0.870 e. The summed E-state index contributed by atoms with van der Waals surface area (Å²) < 4.78 is 6.83. The van der Waals surface area contributed by atoms with Crippen molar-refractivity contribution in [1.29, 1.82) is 0 Å². The Morgan fingerprint density at radius 1 is 1.08 bits per heavy atom. The number of hydrogen-bond acceptors (Lipinski definition) is 2. The van der Waals surface area contributed by atoms with Gasteiger partial charge in [0.1, 0.15) is 11.3 Å². The van der Waals surface area contributed by atoms with Gasteiger partial charge >= 0.3 is 17.1 Å². The molecule has 0 N–H and O–H groups in total. The van der Waals surface area contributed by atoms with Crippen LogP contribution in [0, 0.1) is 10.5 Å². The maximum absolute atomic E-state index is 12.2. The van der Waals surface area contributed by atoms with Crippen molar-refractivity contribution in [2.75, 3.05) is 0 Å². The van der Waals surface area contributed by atoms with Crippen molar-refractivity contribution in [3.05, 3.63) is 93.3 Å². The fourth-order valence-electron chi connectivity index (χ4n) is 2.38. The van der Waals surface area contributed by atoms with Gasteiger partial charge in [0.05, 0.1) is 0 Å². The summed E-state index contributed by atoms with van der Waals surface area (Å²) in [5, 5.41) is 13.2. The summed E-state index contributed by atoms with van der Waals surface area (Å²) in [5.74, 6) is 0.340. The molecule has 0 saturated heterocycles. The quantitative estimate of drug-likeness (QED) is 0.219. The van der Waals surface area contributed by atoms with E-state index < -0.39 is 0 Å². The van der Waals surface area contributed by atoms with Crippen LogP contribution in [0.4, 0.5) is 0 Å². The molecule has 0 aliphatic heterocycles. The molecule has 0 atom stereocenters. The normalized spacial score (nSPS) is 12.0. The Hall–Kier alpha value is -1.62. The van der Waals surface area contributed by atoms with Crippen LogP contribution < -0.4 is 5.11 Å². The summed E-state index contributed by atoms with van der Waals surface area (Å²) in [7, 11) is 0. The first-order chi connectivity index (χ1) is 11.1. The van der Waals surface area contributed by atoms with Crippen LogP contribution >= 0.6 is 22.6 Å². The van der Waals surface area contributed by atoms with Gasteiger partial charge in [0.25, 0.3) is 0 Å². The van der Waals surface area contributed by atoms with Gasteiger partial charge in [-0.25, -0.2) is 12.1 Å². The zero-order valence-corrected chi connectivity index (χ0v) is 16.2. The van der Waals surface area contributed by atoms with Crippen LogP contribution in [0.3, 0.4) is 0 Å². The number of benzene rings is 1.